The summed E-state index contributed by atoms with van der Waals surface area (Å²) in [6, 6.07) is 7.60. The summed E-state index contributed by atoms with van der Waals surface area (Å²) in [5, 5.41) is 6.92. The highest BCUT2D eigenvalue weighted by molar-refractivity contribution is 6.30. The molecule has 104 valence electrons. The van der Waals surface area contributed by atoms with E-state index in [2.05, 4.69) is 10.6 Å². The van der Waals surface area contributed by atoms with E-state index in [4.69, 9.17) is 16.3 Å². The number of amides is 1. The molecule has 1 unspecified atom stereocenters. The average molecular weight is 283 g/mol. The van der Waals surface area contributed by atoms with E-state index < -0.39 is 0 Å². The summed E-state index contributed by atoms with van der Waals surface area (Å²) in [6.07, 6.45) is 0.435. The first-order valence-corrected chi connectivity index (χ1v) is 6.89. The quantitative estimate of drug-likeness (QED) is 0.887. The SMILES string of the molecule is C[C@H](NC(=O)CC1COCCN1)c1cccc(Cl)c1. The van der Waals surface area contributed by atoms with E-state index in [1.807, 2.05) is 31.2 Å². The lowest BCUT2D eigenvalue weighted by molar-refractivity contribution is -0.122. The molecule has 1 amide bonds. The maximum Gasteiger partial charge on any atom is 0.222 e. The van der Waals surface area contributed by atoms with Crippen molar-refractivity contribution in [1.29, 1.82) is 0 Å². The monoisotopic (exact) mass is 282 g/mol. The number of carbonyl (C=O) groups is 1. The van der Waals surface area contributed by atoms with Crippen molar-refractivity contribution in [2.75, 3.05) is 19.8 Å². The van der Waals surface area contributed by atoms with Crippen LogP contribution in [0.25, 0.3) is 0 Å². The second-order valence-electron chi connectivity index (χ2n) is 4.77. The van der Waals surface area contributed by atoms with Gasteiger partial charge in [-0.05, 0) is 24.6 Å². The molecule has 0 radical (unpaired) electrons. The summed E-state index contributed by atoms with van der Waals surface area (Å²) in [6.45, 7) is 4.08. The lowest BCUT2D eigenvalue weighted by atomic mass is 10.1. The van der Waals surface area contributed by atoms with E-state index in [9.17, 15) is 4.79 Å². The molecule has 0 spiro atoms. The minimum absolute atomic E-state index is 0.0236. The van der Waals surface area contributed by atoms with E-state index in [-0.39, 0.29) is 18.0 Å². The van der Waals surface area contributed by atoms with Crippen LogP contribution in [0.5, 0.6) is 0 Å². The molecule has 1 aromatic rings. The molecule has 4 nitrogen and oxygen atoms in total. The summed E-state index contributed by atoms with van der Waals surface area (Å²) >= 11 is 5.94. The summed E-state index contributed by atoms with van der Waals surface area (Å²) in [5.74, 6) is 0.0236. The van der Waals surface area contributed by atoms with E-state index in [0.29, 0.717) is 18.1 Å². The predicted molar refractivity (Wildman–Crippen MR) is 75.2 cm³/mol. The molecule has 19 heavy (non-hydrogen) atoms. The van der Waals surface area contributed by atoms with E-state index >= 15 is 0 Å². The minimum Gasteiger partial charge on any atom is -0.378 e. The van der Waals surface area contributed by atoms with Gasteiger partial charge >= 0.3 is 0 Å². The number of rotatable bonds is 4. The molecular weight excluding hydrogens is 264 g/mol. The summed E-state index contributed by atoms with van der Waals surface area (Å²) in [4.78, 5) is 11.9. The third-order valence-corrected chi connectivity index (χ3v) is 3.39. The maximum absolute atomic E-state index is 11.9. The highest BCUT2D eigenvalue weighted by Crippen LogP contribution is 2.17. The molecule has 0 aromatic heterocycles. The molecule has 0 bridgehead atoms. The molecule has 1 saturated heterocycles. The van der Waals surface area contributed by atoms with Gasteiger partial charge in [-0.1, -0.05) is 23.7 Å². The Bertz CT molecular complexity index is 433. The van der Waals surface area contributed by atoms with Crippen LogP contribution in [0.3, 0.4) is 0 Å². The van der Waals surface area contributed by atoms with Crippen LogP contribution in [-0.4, -0.2) is 31.7 Å². The van der Waals surface area contributed by atoms with Crippen LogP contribution in [0.4, 0.5) is 0 Å². The van der Waals surface area contributed by atoms with Gasteiger partial charge in [-0.25, -0.2) is 0 Å². The molecule has 5 heteroatoms. The Hall–Kier alpha value is -1.10. The van der Waals surface area contributed by atoms with Gasteiger partial charge in [0.1, 0.15) is 0 Å². The van der Waals surface area contributed by atoms with Crippen LogP contribution in [0.2, 0.25) is 5.02 Å². The highest BCUT2D eigenvalue weighted by atomic mass is 35.5. The summed E-state index contributed by atoms with van der Waals surface area (Å²) < 4.78 is 5.33. The number of hydrogen-bond acceptors (Lipinski definition) is 3. The van der Waals surface area contributed by atoms with Gasteiger partial charge in [0, 0.05) is 24.0 Å². The van der Waals surface area contributed by atoms with Crippen molar-refractivity contribution in [3.05, 3.63) is 34.9 Å². The average Bonchev–Trinajstić information content (AvgIpc) is 2.39. The Morgan fingerprint density at radius 1 is 1.63 bits per heavy atom. The number of carbonyl (C=O) groups excluding carboxylic acids is 1. The maximum atomic E-state index is 11.9. The molecule has 2 N–H and O–H groups in total. The first-order valence-electron chi connectivity index (χ1n) is 6.51. The zero-order valence-electron chi connectivity index (χ0n) is 11.0. The Morgan fingerprint density at radius 2 is 2.47 bits per heavy atom. The molecule has 1 aliphatic heterocycles. The van der Waals surface area contributed by atoms with Crippen molar-refractivity contribution >= 4 is 17.5 Å². The number of benzene rings is 1. The molecule has 1 aromatic carbocycles. The first kappa shape index (κ1) is 14.3. The van der Waals surface area contributed by atoms with Crippen molar-refractivity contribution in [2.45, 2.75) is 25.4 Å². The fraction of sp³-hybridized carbons (Fsp3) is 0.500. The number of halogens is 1. The normalized spacial score (nSPS) is 20.8. The van der Waals surface area contributed by atoms with Crippen LogP contribution >= 0.6 is 11.6 Å². The van der Waals surface area contributed by atoms with E-state index in [0.717, 1.165) is 18.7 Å². The highest BCUT2D eigenvalue weighted by Gasteiger charge is 2.18. The molecule has 1 aliphatic rings. The van der Waals surface area contributed by atoms with Crippen LogP contribution in [0.15, 0.2) is 24.3 Å². The molecule has 1 heterocycles. The topological polar surface area (TPSA) is 50.4 Å². The lowest BCUT2D eigenvalue weighted by Crippen LogP contribution is -2.44. The van der Waals surface area contributed by atoms with Crippen molar-refractivity contribution < 1.29 is 9.53 Å². The van der Waals surface area contributed by atoms with E-state index in [1.165, 1.54) is 0 Å². The Kier molecular flexibility index (Phi) is 5.19. The fourth-order valence-electron chi connectivity index (χ4n) is 2.13. The summed E-state index contributed by atoms with van der Waals surface area (Å²) in [7, 11) is 0. The van der Waals surface area contributed by atoms with Crippen molar-refractivity contribution in [1.82, 2.24) is 10.6 Å². The van der Waals surface area contributed by atoms with Gasteiger partial charge in [0.15, 0.2) is 0 Å². The van der Waals surface area contributed by atoms with Gasteiger partial charge in [0.25, 0.3) is 0 Å². The largest absolute Gasteiger partial charge is 0.378 e. The van der Waals surface area contributed by atoms with Gasteiger partial charge in [-0.15, -0.1) is 0 Å². The van der Waals surface area contributed by atoms with Crippen LogP contribution in [0, 0.1) is 0 Å². The van der Waals surface area contributed by atoms with Gasteiger partial charge < -0.3 is 15.4 Å². The zero-order valence-corrected chi connectivity index (χ0v) is 11.7. The standard InChI is InChI=1S/C14H19ClN2O2/c1-10(11-3-2-4-12(15)7-11)17-14(18)8-13-9-19-6-5-16-13/h2-4,7,10,13,16H,5-6,8-9H2,1H3,(H,17,18)/t10-,13?/m0/s1. The fourth-order valence-corrected chi connectivity index (χ4v) is 2.33. The Labute approximate surface area is 118 Å². The van der Waals surface area contributed by atoms with Gasteiger partial charge in [0.2, 0.25) is 5.91 Å². The van der Waals surface area contributed by atoms with Crippen molar-refractivity contribution in [3.8, 4) is 0 Å². The molecule has 2 rings (SSSR count). The van der Waals surface area contributed by atoms with Gasteiger partial charge in [-0.3, -0.25) is 4.79 Å². The third-order valence-electron chi connectivity index (χ3n) is 3.16. The zero-order chi connectivity index (χ0) is 13.7. The van der Waals surface area contributed by atoms with Crippen molar-refractivity contribution in [3.63, 3.8) is 0 Å². The summed E-state index contributed by atoms with van der Waals surface area (Å²) in [5.41, 5.74) is 1.01. The predicted octanol–water partition coefficient (Wildman–Crippen LogP) is 1.90. The number of morpholine rings is 1. The van der Waals surface area contributed by atoms with E-state index in [1.54, 1.807) is 0 Å². The molecule has 1 fully saturated rings. The van der Waals surface area contributed by atoms with Crippen LogP contribution in [0.1, 0.15) is 24.9 Å². The lowest BCUT2D eigenvalue weighted by Gasteiger charge is -2.24. The number of nitrogens with one attached hydrogen (secondary N) is 2. The number of ether oxygens (including phenoxy) is 1. The second kappa shape index (κ2) is 6.89. The van der Waals surface area contributed by atoms with Crippen LogP contribution < -0.4 is 10.6 Å². The molecular formula is C14H19ClN2O2. The number of hydrogen-bond donors (Lipinski definition) is 2. The second-order valence-corrected chi connectivity index (χ2v) is 5.21. The first-order chi connectivity index (χ1) is 9.15. The third kappa shape index (κ3) is 4.49. The van der Waals surface area contributed by atoms with Crippen LogP contribution in [-0.2, 0) is 9.53 Å². The van der Waals surface area contributed by atoms with Crippen molar-refractivity contribution in [2.24, 2.45) is 0 Å². The molecule has 0 saturated carbocycles. The van der Waals surface area contributed by atoms with Gasteiger partial charge in [-0.2, -0.15) is 0 Å². The Morgan fingerprint density at radius 3 is 3.16 bits per heavy atom. The van der Waals surface area contributed by atoms with Gasteiger partial charge in [0.05, 0.1) is 19.3 Å². The smallest absolute Gasteiger partial charge is 0.222 e. The minimum atomic E-state index is -0.0456. The Balaban J connectivity index is 1.84. The molecule has 0 aliphatic carbocycles. The molecule has 2 atom stereocenters.